The zero-order chi connectivity index (χ0) is 14.5. The van der Waals surface area contributed by atoms with Gasteiger partial charge in [-0.15, -0.1) is 0 Å². The predicted octanol–water partition coefficient (Wildman–Crippen LogP) is 2.92. The van der Waals surface area contributed by atoms with Gasteiger partial charge in [0, 0.05) is 6.54 Å². The highest BCUT2D eigenvalue weighted by Gasteiger charge is 2.05. The maximum Gasteiger partial charge on any atom is 0.404 e. The fourth-order valence-corrected chi connectivity index (χ4v) is 2.06. The molecule has 0 unspecified atom stereocenters. The highest BCUT2D eigenvalue weighted by molar-refractivity contribution is 5.67. The molecule has 3 N–H and O–H groups in total. The minimum atomic E-state index is -1.03. The van der Waals surface area contributed by atoms with Crippen molar-refractivity contribution in [2.24, 2.45) is 0 Å². The molecule has 20 heavy (non-hydrogen) atoms. The van der Waals surface area contributed by atoms with E-state index in [9.17, 15) is 9.90 Å². The molecule has 2 aromatic rings. The van der Waals surface area contributed by atoms with E-state index in [-0.39, 0.29) is 13.2 Å². The van der Waals surface area contributed by atoms with Crippen molar-refractivity contribution in [1.29, 1.82) is 0 Å². The number of aryl methyl sites for hydroxylation is 1. The van der Waals surface area contributed by atoms with Crippen molar-refractivity contribution in [2.45, 2.75) is 20.1 Å². The van der Waals surface area contributed by atoms with Gasteiger partial charge in [0.2, 0.25) is 0 Å². The molecule has 0 heterocycles. The number of rotatable bonds is 4. The summed E-state index contributed by atoms with van der Waals surface area (Å²) in [6.07, 6.45) is -1.03. The van der Waals surface area contributed by atoms with Crippen molar-refractivity contribution in [2.75, 3.05) is 0 Å². The first-order valence-electron chi connectivity index (χ1n) is 6.36. The molecule has 4 heteroatoms. The molecule has 0 spiro atoms. The number of benzene rings is 2. The molecule has 0 saturated heterocycles. The second-order valence-corrected chi connectivity index (χ2v) is 4.66. The van der Waals surface area contributed by atoms with Crippen LogP contribution in [0, 0.1) is 6.92 Å². The van der Waals surface area contributed by atoms with Crippen molar-refractivity contribution in [3.05, 3.63) is 59.2 Å². The summed E-state index contributed by atoms with van der Waals surface area (Å²) in [5.41, 5.74) is 4.86. The molecule has 2 aromatic carbocycles. The average molecular weight is 271 g/mol. The van der Waals surface area contributed by atoms with Crippen LogP contribution in [0.2, 0.25) is 0 Å². The zero-order valence-corrected chi connectivity index (χ0v) is 11.3. The van der Waals surface area contributed by atoms with Crippen LogP contribution >= 0.6 is 0 Å². The fourth-order valence-electron chi connectivity index (χ4n) is 2.06. The Morgan fingerprint density at radius 2 is 1.90 bits per heavy atom. The summed E-state index contributed by atoms with van der Waals surface area (Å²) in [7, 11) is 0. The molecular formula is C16H17NO3. The third-order valence-corrected chi connectivity index (χ3v) is 3.22. The van der Waals surface area contributed by atoms with Crippen LogP contribution in [-0.4, -0.2) is 16.3 Å². The summed E-state index contributed by atoms with van der Waals surface area (Å²) < 4.78 is 0. The van der Waals surface area contributed by atoms with Gasteiger partial charge >= 0.3 is 6.09 Å². The van der Waals surface area contributed by atoms with Gasteiger partial charge in [0.15, 0.2) is 0 Å². The van der Waals surface area contributed by atoms with E-state index in [4.69, 9.17) is 5.11 Å². The number of hydrogen-bond acceptors (Lipinski definition) is 2. The van der Waals surface area contributed by atoms with Crippen molar-refractivity contribution in [1.82, 2.24) is 5.32 Å². The number of amides is 1. The van der Waals surface area contributed by atoms with E-state index in [1.165, 1.54) is 0 Å². The summed E-state index contributed by atoms with van der Waals surface area (Å²) in [6, 6.07) is 13.6. The van der Waals surface area contributed by atoms with E-state index >= 15 is 0 Å². The lowest BCUT2D eigenvalue weighted by Crippen LogP contribution is -2.20. The fraction of sp³-hybridized carbons (Fsp3) is 0.188. The average Bonchev–Trinajstić information content (AvgIpc) is 2.46. The van der Waals surface area contributed by atoms with Crippen molar-refractivity contribution < 1.29 is 15.0 Å². The van der Waals surface area contributed by atoms with Gasteiger partial charge < -0.3 is 15.5 Å². The summed E-state index contributed by atoms with van der Waals surface area (Å²) in [6.45, 7) is 2.24. The second-order valence-electron chi connectivity index (χ2n) is 4.66. The Bertz CT molecular complexity index is 623. The minimum Gasteiger partial charge on any atom is -0.465 e. The Balaban J connectivity index is 2.32. The van der Waals surface area contributed by atoms with E-state index in [2.05, 4.69) is 5.32 Å². The van der Waals surface area contributed by atoms with Gasteiger partial charge in [0.05, 0.1) is 6.61 Å². The molecule has 4 nitrogen and oxygen atoms in total. The number of hydrogen-bond donors (Lipinski definition) is 3. The zero-order valence-electron chi connectivity index (χ0n) is 11.3. The van der Waals surface area contributed by atoms with Gasteiger partial charge in [0.25, 0.3) is 0 Å². The SMILES string of the molecule is Cc1ccc(-c2cccc(CO)c2)cc1CNC(=O)O. The van der Waals surface area contributed by atoms with Crippen LogP contribution in [0.4, 0.5) is 4.79 Å². The quantitative estimate of drug-likeness (QED) is 0.800. The summed E-state index contributed by atoms with van der Waals surface area (Å²) in [4.78, 5) is 10.6. The van der Waals surface area contributed by atoms with Crippen LogP contribution in [0.3, 0.4) is 0 Å². The first-order chi connectivity index (χ1) is 9.60. The third kappa shape index (κ3) is 3.36. The highest BCUT2D eigenvalue weighted by Crippen LogP contribution is 2.23. The van der Waals surface area contributed by atoms with Crippen LogP contribution in [0.5, 0.6) is 0 Å². The molecule has 0 aliphatic rings. The molecule has 0 atom stereocenters. The Labute approximate surface area is 117 Å². The maximum atomic E-state index is 10.6. The number of aliphatic hydroxyl groups is 1. The Morgan fingerprint density at radius 1 is 1.15 bits per heavy atom. The maximum absolute atomic E-state index is 10.6. The van der Waals surface area contributed by atoms with Gasteiger partial charge in [0.1, 0.15) is 0 Å². The molecule has 0 aliphatic heterocycles. The molecule has 104 valence electrons. The van der Waals surface area contributed by atoms with E-state index in [1.54, 1.807) is 0 Å². The Hall–Kier alpha value is -2.33. The molecule has 0 radical (unpaired) electrons. The molecule has 0 aliphatic carbocycles. The second kappa shape index (κ2) is 6.21. The smallest absolute Gasteiger partial charge is 0.404 e. The number of carboxylic acid groups (broad SMARTS) is 1. The first-order valence-corrected chi connectivity index (χ1v) is 6.36. The lowest BCUT2D eigenvalue weighted by Gasteiger charge is -2.10. The van der Waals surface area contributed by atoms with Crippen molar-refractivity contribution in [3.8, 4) is 11.1 Å². The first kappa shape index (κ1) is 14.1. The summed E-state index contributed by atoms with van der Waals surface area (Å²) >= 11 is 0. The Kier molecular flexibility index (Phi) is 4.38. The van der Waals surface area contributed by atoms with Crippen molar-refractivity contribution in [3.63, 3.8) is 0 Å². The normalized spacial score (nSPS) is 10.3. The van der Waals surface area contributed by atoms with Crippen LogP contribution in [0.25, 0.3) is 11.1 Å². The van der Waals surface area contributed by atoms with E-state index in [0.717, 1.165) is 27.8 Å². The molecule has 0 aromatic heterocycles. The van der Waals surface area contributed by atoms with Crippen LogP contribution in [0.15, 0.2) is 42.5 Å². The Morgan fingerprint density at radius 3 is 2.60 bits per heavy atom. The number of carbonyl (C=O) groups is 1. The third-order valence-electron chi connectivity index (χ3n) is 3.22. The molecule has 1 amide bonds. The van der Waals surface area contributed by atoms with Crippen LogP contribution in [0.1, 0.15) is 16.7 Å². The molecule has 0 saturated carbocycles. The largest absolute Gasteiger partial charge is 0.465 e. The van der Waals surface area contributed by atoms with Crippen LogP contribution < -0.4 is 5.32 Å². The molecular weight excluding hydrogens is 254 g/mol. The summed E-state index contributed by atoms with van der Waals surface area (Å²) in [5, 5.41) is 20.2. The van der Waals surface area contributed by atoms with E-state index in [0.29, 0.717) is 0 Å². The topological polar surface area (TPSA) is 69.6 Å². The van der Waals surface area contributed by atoms with Gasteiger partial charge in [-0.05, 0) is 46.9 Å². The lowest BCUT2D eigenvalue weighted by atomic mass is 9.98. The van der Waals surface area contributed by atoms with E-state index in [1.807, 2.05) is 49.4 Å². The summed E-state index contributed by atoms with van der Waals surface area (Å²) in [5.74, 6) is 0. The molecule has 0 bridgehead atoms. The van der Waals surface area contributed by atoms with Gasteiger partial charge in [-0.1, -0.05) is 30.3 Å². The van der Waals surface area contributed by atoms with Crippen LogP contribution in [-0.2, 0) is 13.2 Å². The minimum absolute atomic E-state index is 0.00707. The standard InChI is InChI=1S/C16H17NO3/c1-11-5-6-14(8-15(11)9-17-16(19)20)13-4-2-3-12(7-13)10-18/h2-8,17-18H,9-10H2,1H3,(H,19,20). The van der Waals surface area contributed by atoms with E-state index < -0.39 is 6.09 Å². The number of nitrogens with one attached hydrogen (secondary N) is 1. The lowest BCUT2D eigenvalue weighted by molar-refractivity contribution is 0.194. The number of aliphatic hydroxyl groups excluding tert-OH is 1. The monoisotopic (exact) mass is 271 g/mol. The van der Waals surface area contributed by atoms with Gasteiger partial charge in [-0.2, -0.15) is 0 Å². The molecule has 2 rings (SSSR count). The van der Waals surface area contributed by atoms with Gasteiger partial charge in [-0.3, -0.25) is 0 Å². The predicted molar refractivity (Wildman–Crippen MR) is 77.4 cm³/mol. The van der Waals surface area contributed by atoms with Crippen molar-refractivity contribution >= 4 is 6.09 Å². The highest BCUT2D eigenvalue weighted by atomic mass is 16.4. The molecule has 0 fully saturated rings. The van der Waals surface area contributed by atoms with Gasteiger partial charge in [-0.25, -0.2) is 4.79 Å².